The van der Waals surface area contributed by atoms with Crippen molar-refractivity contribution in [1.29, 1.82) is 0 Å². The molecule has 0 bridgehead atoms. The van der Waals surface area contributed by atoms with E-state index >= 15 is 0 Å². The molecule has 2 nitrogen and oxygen atoms in total. The number of rotatable bonds is 0. The second-order valence-corrected chi connectivity index (χ2v) is 5.94. The van der Waals surface area contributed by atoms with Crippen LogP contribution < -0.4 is 4.80 Å². The zero-order valence-electron chi connectivity index (χ0n) is 9.16. The summed E-state index contributed by atoms with van der Waals surface area (Å²) in [7, 11) is 8.04. The zero-order chi connectivity index (χ0) is 11.1. The number of aromatic nitrogens is 1. The Morgan fingerprint density at radius 2 is 2.33 bits per heavy atom. The van der Waals surface area contributed by atoms with Gasteiger partial charge in [0.2, 0.25) is 0 Å². The fraction of sp³-hybridized carbons (Fsp3) is 0.700. The lowest BCUT2D eigenvalue weighted by Gasteiger charge is -2.21. The van der Waals surface area contributed by atoms with E-state index in [0.717, 1.165) is 30.5 Å². The van der Waals surface area contributed by atoms with Crippen LogP contribution in [0.5, 0.6) is 0 Å². The molecule has 1 aromatic heterocycles. The van der Waals surface area contributed by atoms with Gasteiger partial charge in [-0.2, -0.15) is 0 Å². The van der Waals surface area contributed by atoms with Crippen molar-refractivity contribution in [1.82, 2.24) is 3.97 Å². The van der Waals surface area contributed by atoms with Crippen LogP contribution in [0.1, 0.15) is 30.3 Å². The highest BCUT2D eigenvalue weighted by Crippen LogP contribution is 2.38. The zero-order valence-corrected chi connectivity index (χ0v) is 10.9. The Morgan fingerprint density at radius 3 is 3.00 bits per heavy atom. The Morgan fingerprint density at radius 1 is 1.60 bits per heavy atom. The summed E-state index contributed by atoms with van der Waals surface area (Å²) in [6.45, 7) is 2.13. The lowest BCUT2D eigenvalue weighted by atomic mass is 9.66. The van der Waals surface area contributed by atoms with Gasteiger partial charge < -0.3 is 0 Å². The van der Waals surface area contributed by atoms with Gasteiger partial charge in [-0.05, 0) is 19.3 Å². The average molecular weight is 238 g/mol. The monoisotopic (exact) mass is 238 g/mol. The smallest absolute Gasteiger partial charge is 0.195 e. The van der Waals surface area contributed by atoms with Gasteiger partial charge in [0.15, 0.2) is 4.80 Å². The number of thiazole rings is 1. The molecule has 0 N–H and O–H groups in total. The molecule has 1 atom stereocenters. The van der Waals surface area contributed by atoms with Gasteiger partial charge in [0.05, 0.1) is 7.85 Å². The van der Waals surface area contributed by atoms with Gasteiger partial charge in [-0.15, -0.1) is 11.3 Å². The van der Waals surface area contributed by atoms with Gasteiger partial charge in [-0.3, -0.25) is 8.96 Å². The van der Waals surface area contributed by atoms with Crippen LogP contribution in [0.3, 0.4) is 0 Å². The molecule has 5 heteroatoms. The van der Waals surface area contributed by atoms with Gasteiger partial charge in [0.25, 0.3) is 0 Å². The number of nitrogens with zero attached hydrogens (tertiary/aromatic N) is 2. The maximum atomic E-state index is 6.24. The van der Waals surface area contributed by atoms with Gasteiger partial charge >= 0.3 is 0 Å². The largest absolute Gasteiger partial charge is 0.266 e. The van der Waals surface area contributed by atoms with E-state index < -0.39 is 0 Å². The lowest BCUT2D eigenvalue weighted by molar-refractivity contribution is 0.553. The molecule has 0 aliphatic heterocycles. The minimum atomic E-state index is -0.0676. The van der Waals surface area contributed by atoms with Crippen molar-refractivity contribution in [3.63, 3.8) is 0 Å². The molecule has 0 saturated carbocycles. The minimum Gasteiger partial charge on any atom is -0.266 e. The average Bonchev–Trinajstić information content (AvgIpc) is 2.37. The molecule has 1 unspecified atom stereocenters. The van der Waals surface area contributed by atoms with Crippen LogP contribution in [-0.2, 0) is 12.8 Å². The first-order valence-electron chi connectivity index (χ1n) is 5.18. The molecule has 0 aromatic carbocycles. The van der Waals surface area contributed by atoms with E-state index in [1.165, 1.54) is 10.6 Å². The molecular formula is C10H15BN2S2. The van der Waals surface area contributed by atoms with Crippen LogP contribution in [-0.4, -0.2) is 18.9 Å². The van der Waals surface area contributed by atoms with Gasteiger partial charge in [0, 0.05) is 17.6 Å². The molecule has 0 spiro atoms. The van der Waals surface area contributed by atoms with Gasteiger partial charge in [-0.25, -0.2) is 0 Å². The van der Waals surface area contributed by atoms with Crippen molar-refractivity contribution < 1.29 is 0 Å². The summed E-state index contributed by atoms with van der Waals surface area (Å²) in [6, 6.07) is 0. The summed E-state index contributed by atoms with van der Waals surface area (Å²) in [5, 5.41) is -0.0676. The van der Waals surface area contributed by atoms with E-state index in [9.17, 15) is 0 Å². The Labute approximate surface area is 101 Å². The molecular weight excluding hydrogens is 223 g/mol. The van der Waals surface area contributed by atoms with E-state index in [-0.39, 0.29) is 5.31 Å². The SMILES string of the molecule is [B]C1(C)CCCc2c(sc(=NC)n2S)C1. The molecule has 15 heavy (non-hydrogen) atoms. The Balaban J connectivity index is 2.49. The Bertz CT molecular complexity index is 431. The quantitative estimate of drug-likeness (QED) is 0.404. The van der Waals surface area contributed by atoms with E-state index in [4.69, 9.17) is 7.85 Å². The van der Waals surface area contributed by atoms with Crippen LogP contribution in [0.15, 0.2) is 4.99 Å². The summed E-state index contributed by atoms with van der Waals surface area (Å²) >= 11 is 6.19. The molecule has 0 fully saturated rings. The first kappa shape index (κ1) is 11.3. The van der Waals surface area contributed by atoms with Crippen molar-refractivity contribution in [2.45, 2.75) is 37.9 Å². The van der Waals surface area contributed by atoms with Crippen molar-refractivity contribution in [3.8, 4) is 0 Å². The van der Waals surface area contributed by atoms with E-state index in [1.807, 2.05) is 3.97 Å². The molecule has 2 radical (unpaired) electrons. The molecule has 1 aliphatic rings. The van der Waals surface area contributed by atoms with E-state index in [0.29, 0.717) is 0 Å². The van der Waals surface area contributed by atoms with Crippen molar-refractivity contribution in [3.05, 3.63) is 15.4 Å². The molecule has 0 amide bonds. The summed E-state index contributed by atoms with van der Waals surface area (Å²) < 4.78 is 1.92. The van der Waals surface area contributed by atoms with Gasteiger partial charge in [0.1, 0.15) is 0 Å². The predicted octanol–water partition coefficient (Wildman–Crippen LogP) is 2.00. The third-order valence-electron chi connectivity index (χ3n) is 2.89. The highest BCUT2D eigenvalue weighted by Gasteiger charge is 2.25. The molecule has 1 aliphatic carbocycles. The van der Waals surface area contributed by atoms with Crippen molar-refractivity contribution in [2.24, 2.45) is 4.99 Å². The lowest BCUT2D eigenvalue weighted by Crippen LogP contribution is -2.09. The van der Waals surface area contributed by atoms with Gasteiger partial charge in [-0.1, -0.05) is 31.5 Å². The van der Waals surface area contributed by atoms with Crippen LogP contribution in [0, 0.1) is 0 Å². The number of hydrogen-bond acceptors (Lipinski definition) is 3. The Hall–Kier alpha value is -0.155. The number of hydrogen-bond donors (Lipinski definition) is 1. The standard InChI is InChI=1S/C10H15BN2S2/c1-10(11)5-3-4-7-8(6-10)15-9(12-2)13(7)14/h14H,3-6H2,1-2H3. The topological polar surface area (TPSA) is 17.3 Å². The minimum absolute atomic E-state index is 0.0676. The second-order valence-electron chi connectivity index (χ2n) is 4.47. The van der Waals surface area contributed by atoms with Crippen LogP contribution in [0.25, 0.3) is 0 Å². The van der Waals surface area contributed by atoms with E-state index in [2.05, 4.69) is 24.7 Å². The highest BCUT2D eigenvalue weighted by atomic mass is 32.1. The third kappa shape index (κ3) is 2.18. The molecule has 1 heterocycles. The van der Waals surface area contributed by atoms with Crippen molar-refractivity contribution in [2.75, 3.05) is 7.05 Å². The van der Waals surface area contributed by atoms with Crippen molar-refractivity contribution >= 4 is 32.0 Å². The van der Waals surface area contributed by atoms with Crippen LogP contribution in [0.2, 0.25) is 5.31 Å². The van der Waals surface area contributed by atoms with Crippen LogP contribution >= 0.6 is 24.2 Å². The molecule has 1 aromatic rings. The third-order valence-corrected chi connectivity index (χ3v) is 4.63. The summed E-state index contributed by atoms with van der Waals surface area (Å²) in [5.41, 5.74) is 1.30. The number of fused-ring (bicyclic) bond motifs is 1. The predicted molar refractivity (Wildman–Crippen MR) is 68.9 cm³/mol. The molecule has 2 rings (SSSR count). The molecule has 80 valence electrons. The first-order chi connectivity index (χ1) is 7.03. The first-order valence-corrected chi connectivity index (χ1v) is 6.40. The number of thiol groups is 1. The summed E-state index contributed by atoms with van der Waals surface area (Å²) in [6.07, 6.45) is 4.24. The Kier molecular flexibility index (Phi) is 3.04. The fourth-order valence-electron chi connectivity index (χ4n) is 2.08. The molecule has 0 saturated heterocycles. The van der Waals surface area contributed by atoms with E-state index in [1.54, 1.807) is 18.4 Å². The highest BCUT2D eigenvalue weighted by molar-refractivity contribution is 7.78. The maximum absolute atomic E-state index is 6.24. The summed E-state index contributed by atoms with van der Waals surface area (Å²) in [4.78, 5) is 6.55. The van der Waals surface area contributed by atoms with Crippen LogP contribution in [0.4, 0.5) is 0 Å². The maximum Gasteiger partial charge on any atom is 0.195 e. The summed E-state index contributed by atoms with van der Waals surface area (Å²) in [5.74, 6) is 0. The normalized spacial score (nSPS) is 27.5. The second kappa shape index (κ2) is 4.02. The fourth-order valence-corrected chi connectivity index (χ4v) is 3.81.